The molecule has 0 unspecified atom stereocenters. The van der Waals surface area contributed by atoms with Crippen LogP contribution in [0, 0.1) is 0 Å². The molecule has 0 atom stereocenters. The number of hydrogen-bond donors (Lipinski definition) is 1. The van der Waals surface area contributed by atoms with Crippen molar-refractivity contribution in [3.63, 3.8) is 0 Å². The fourth-order valence-electron chi connectivity index (χ4n) is 1.72. The summed E-state index contributed by atoms with van der Waals surface area (Å²) >= 11 is 7.32. The summed E-state index contributed by atoms with van der Waals surface area (Å²) in [6.07, 6.45) is 2.12. The first kappa shape index (κ1) is 11.8. The summed E-state index contributed by atoms with van der Waals surface area (Å²) in [7, 11) is 0. The lowest BCUT2D eigenvalue weighted by Gasteiger charge is -2.03. The topological polar surface area (TPSA) is 63.6 Å². The van der Waals surface area contributed by atoms with Crippen LogP contribution >= 0.6 is 23.4 Å². The van der Waals surface area contributed by atoms with E-state index in [-0.39, 0.29) is 5.69 Å². The van der Waals surface area contributed by atoms with Gasteiger partial charge in [-0.3, -0.25) is 4.57 Å². The molecule has 0 aliphatic heterocycles. The lowest BCUT2D eigenvalue weighted by atomic mass is 10.4. The van der Waals surface area contributed by atoms with E-state index in [1.54, 1.807) is 10.6 Å². The normalized spacial score (nSPS) is 14.9. The third kappa shape index (κ3) is 2.44. The number of nitrogens with zero attached hydrogens (tertiary/aromatic N) is 3. The van der Waals surface area contributed by atoms with Crippen LogP contribution < -0.4 is 5.69 Å². The van der Waals surface area contributed by atoms with Crippen molar-refractivity contribution in [3.05, 3.63) is 39.5 Å². The molecule has 94 valence electrons. The molecule has 2 heterocycles. The zero-order valence-electron chi connectivity index (χ0n) is 9.47. The lowest BCUT2D eigenvalue weighted by Crippen LogP contribution is -2.16. The zero-order chi connectivity index (χ0) is 12.5. The summed E-state index contributed by atoms with van der Waals surface area (Å²) in [5.74, 6) is 0.650. The van der Waals surface area contributed by atoms with Crippen molar-refractivity contribution in [2.75, 3.05) is 0 Å². The first-order chi connectivity index (χ1) is 8.74. The first-order valence-electron chi connectivity index (χ1n) is 5.65. The van der Waals surface area contributed by atoms with Gasteiger partial charge in [-0.25, -0.2) is 14.9 Å². The van der Waals surface area contributed by atoms with Crippen molar-refractivity contribution in [2.24, 2.45) is 0 Å². The number of aromatic nitrogens is 4. The Labute approximate surface area is 113 Å². The average molecular weight is 283 g/mol. The zero-order valence-corrected chi connectivity index (χ0v) is 11.0. The highest BCUT2D eigenvalue weighted by atomic mass is 35.5. The Morgan fingerprint density at radius 1 is 1.50 bits per heavy atom. The predicted molar refractivity (Wildman–Crippen MR) is 69.9 cm³/mol. The van der Waals surface area contributed by atoms with Gasteiger partial charge >= 0.3 is 5.69 Å². The molecule has 0 aromatic carbocycles. The molecule has 1 fully saturated rings. The molecule has 0 bridgehead atoms. The van der Waals surface area contributed by atoms with Crippen LogP contribution in [0.4, 0.5) is 0 Å². The van der Waals surface area contributed by atoms with E-state index in [1.165, 1.54) is 11.8 Å². The molecule has 0 radical (unpaired) electrons. The molecule has 0 saturated heterocycles. The van der Waals surface area contributed by atoms with Crippen LogP contribution in [0.3, 0.4) is 0 Å². The Kier molecular flexibility index (Phi) is 3.13. The van der Waals surface area contributed by atoms with E-state index in [9.17, 15) is 4.79 Å². The van der Waals surface area contributed by atoms with Gasteiger partial charge in [-0.1, -0.05) is 29.4 Å². The number of nitrogens with one attached hydrogen (secondary N) is 1. The van der Waals surface area contributed by atoms with E-state index in [0.29, 0.717) is 16.9 Å². The Bertz CT molecular complexity index is 620. The summed E-state index contributed by atoms with van der Waals surface area (Å²) in [6.45, 7) is 0. The molecule has 1 aliphatic carbocycles. The van der Waals surface area contributed by atoms with Gasteiger partial charge in [0, 0.05) is 11.8 Å². The van der Waals surface area contributed by atoms with Gasteiger partial charge < -0.3 is 0 Å². The van der Waals surface area contributed by atoms with Crippen molar-refractivity contribution in [1.29, 1.82) is 0 Å². The molecule has 2 aromatic rings. The highest BCUT2D eigenvalue weighted by molar-refractivity contribution is 7.98. The van der Waals surface area contributed by atoms with Gasteiger partial charge in [0.25, 0.3) is 0 Å². The lowest BCUT2D eigenvalue weighted by molar-refractivity contribution is 0.642. The molecule has 2 aromatic heterocycles. The molecule has 0 amide bonds. The SMILES string of the molecule is O=c1[nH]nc(SCc2cccc(Cl)n2)n1C1CC1. The molecule has 5 nitrogen and oxygen atoms in total. The van der Waals surface area contributed by atoms with Crippen molar-refractivity contribution < 1.29 is 0 Å². The predicted octanol–water partition coefficient (Wildman–Crippen LogP) is 2.25. The number of rotatable bonds is 4. The summed E-state index contributed by atoms with van der Waals surface area (Å²) in [6, 6.07) is 5.84. The summed E-state index contributed by atoms with van der Waals surface area (Å²) in [5, 5.41) is 7.75. The second-order valence-corrected chi connectivity index (χ2v) is 5.48. The minimum absolute atomic E-state index is 0.126. The van der Waals surface area contributed by atoms with Crippen LogP contribution in [-0.4, -0.2) is 19.7 Å². The maximum absolute atomic E-state index is 11.6. The summed E-state index contributed by atoms with van der Waals surface area (Å²) in [4.78, 5) is 15.8. The summed E-state index contributed by atoms with van der Waals surface area (Å²) < 4.78 is 1.73. The highest BCUT2D eigenvalue weighted by Gasteiger charge is 2.28. The molecule has 1 N–H and O–H groups in total. The molecule has 3 rings (SSSR count). The van der Waals surface area contributed by atoms with Crippen LogP contribution in [-0.2, 0) is 5.75 Å². The largest absolute Gasteiger partial charge is 0.344 e. The van der Waals surface area contributed by atoms with Gasteiger partial charge in [-0.05, 0) is 25.0 Å². The van der Waals surface area contributed by atoms with Crippen LogP contribution in [0.2, 0.25) is 5.15 Å². The van der Waals surface area contributed by atoms with E-state index < -0.39 is 0 Å². The third-order valence-corrected chi connectivity index (χ3v) is 3.90. The standard InChI is InChI=1S/C11H11ClN4OS/c12-9-3-1-2-7(13-9)6-18-11-15-14-10(17)16(11)8-4-5-8/h1-3,8H,4-6H2,(H,14,17). The fraction of sp³-hybridized carbons (Fsp3) is 0.364. The molecule has 1 saturated carbocycles. The monoisotopic (exact) mass is 282 g/mol. The van der Waals surface area contributed by atoms with E-state index in [1.807, 2.05) is 12.1 Å². The minimum Gasteiger partial charge on any atom is -0.267 e. The fourth-order valence-corrected chi connectivity index (χ4v) is 2.82. The Morgan fingerprint density at radius 2 is 2.33 bits per heavy atom. The van der Waals surface area contributed by atoms with Crippen molar-refractivity contribution in [1.82, 2.24) is 19.7 Å². The number of aromatic amines is 1. The van der Waals surface area contributed by atoms with Crippen LogP contribution in [0.5, 0.6) is 0 Å². The number of thioether (sulfide) groups is 1. The molecule has 0 spiro atoms. The maximum atomic E-state index is 11.6. The molecule has 1 aliphatic rings. The number of hydrogen-bond acceptors (Lipinski definition) is 4. The molecular weight excluding hydrogens is 272 g/mol. The average Bonchev–Trinajstić information content (AvgIpc) is 3.11. The van der Waals surface area contributed by atoms with E-state index in [0.717, 1.165) is 23.7 Å². The van der Waals surface area contributed by atoms with Gasteiger partial charge in [-0.15, -0.1) is 5.10 Å². The van der Waals surface area contributed by atoms with Crippen molar-refractivity contribution in [3.8, 4) is 0 Å². The second kappa shape index (κ2) is 4.78. The van der Waals surface area contributed by atoms with Gasteiger partial charge in [-0.2, -0.15) is 0 Å². The van der Waals surface area contributed by atoms with E-state index >= 15 is 0 Å². The quantitative estimate of drug-likeness (QED) is 0.690. The van der Waals surface area contributed by atoms with Gasteiger partial charge in [0.2, 0.25) is 0 Å². The van der Waals surface area contributed by atoms with Crippen molar-refractivity contribution >= 4 is 23.4 Å². The highest BCUT2D eigenvalue weighted by Crippen LogP contribution is 2.36. The minimum atomic E-state index is -0.126. The Morgan fingerprint density at radius 3 is 3.06 bits per heavy atom. The van der Waals surface area contributed by atoms with Crippen LogP contribution in [0.25, 0.3) is 0 Å². The smallest absolute Gasteiger partial charge is 0.267 e. The Balaban J connectivity index is 1.75. The maximum Gasteiger partial charge on any atom is 0.344 e. The van der Waals surface area contributed by atoms with Gasteiger partial charge in [0.15, 0.2) is 5.16 Å². The Hall–Kier alpha value is -1.27. The van der Waals surface area contributed by atoms with Crippen LogP contribution in [0.1, 0.15) is 24.6 Å². The van der Waals surface area contributed by atoms with Crippen molar-refractivity contribution in [2.45, 2.75) is 29.8 Å². The second-order valence-electron chi connectivity index (χ2n) is 4.15. The van der Waals surface area contributed by atoms with Gasteiger partial charge in [0.05, 0.1) is 5.69 Å². The number of H-pyrrole nitrogens is 1. The first-order valence-corrected chi connectivity index (χ1v) is 7.01. The van der Waals surface area contributed by atoms with Crippen LogP contribution in [0.15, 0.2) is 28.2 Å². The number of halogens is 1. The van der Waals surface area contributed by atoms with Gasteiger partial charge in [0.1, 0.15) is 5.15 Å². The third-order valence-electron chi connectivity index (χ3n) is 2.71. The number of pyridine rings is 1. The van der Waals surface area contributed by atoms with E-state index in [2.05, 4.69) is 15.2 Å². The summed E-state index contributed by atoms with van der Waals surface area (Å²) in [5.41, 5.74) is 0.754. The van der Waals surface area contributed by atoms with E-state index in [4.69, 9.17) is 11.6 Å². The molecule has 7 heteroatoms. The molecule has 18 heavy (non-hydrogen) atoms. The molecular formula is C11H11ClN4OS.